The van der Waals surface area contributed by atoms with Gasteiger partial charge in [0, 0.05) is 12.6 Å². The summed E-state index contributed by atoms with van der Waals surface area (Å²) in [7, 11) is 0. The van der Waals surface area contributed by atoms with E-state index < -0.39 is 37.3 Å². The molecule has 21 heavy (non-hydrogen) atoms. The third kappa shape index (κ3) is 5.33. The smallest absolute Gasteiger partial charge is 0.217 e. The van der Waals surface area contributed by atoms with E-state index in [9.17, 15) is 15.0 Å². The molecule has 4 N–H and O–H groups in total. The van der Waals surface area contributed by atoms with Crippen LogP contribution in [0.5, 0.6) is 0 Å². The van der Waals surface area contributed by atoms with Gasteiger partial charge in [0.25, 0.3) is 0 Å². The summed E-state index contributed by atoms with van der Waals surface area (Å²) in [4.78, 5) is 15.3. The number of nitrogens with zero attached hydrogens (tertiary/aromatic N) is 1. The van der Waals surface area contributed by atoms with Crippen LogP contribution in [-0.2, 0) is 14.3 Å². The number of carbonyl (C=O) groups excluding carboxylic acids is 1. The van der Waals surface area contributed by atoms with Crippen molar-refractivity contribution in [2.75, 3.05) is 19.8 Å². The van der Waals surface area contributed by atoms with Crippen LogP contribution in [0.15, 0.2) is 4.99 Å². The van der Waals surface area contributed by atoms with E-state index in [4.69, 9.17) is 14.6 Å². The van der Waals surface area contributed by atoms with Crippen molar-refractivity contribution in [2.45, 2.75) is 51.4 Å². The van der Waals surface area contributed by atoms with Gasteiger partial charge in [-0.15, -0.1) is 0 Å². The van der Waals surface area contributed by atoms with E-state index in [0.29, 0.717) is 6.54 Å². The molecule has 1 aliphatic rings. The number of aliphatic hydroxyl groups is 3. The van der Waals surface area contributed by atoms with Crippen LogP contribution in [0.25, 0.3) is 0 Å². The van der Waals surface area contributed by atoms with E-state index in [2.05, 4.69) is 10.3 Å². The second-order valence-electron chi connectivity index (χ2n) is 5.13. The molecule has 5 atom stereocenters. The fourth-order valence-corrected chi connectivity index (χ4v) is 2.05. The third-order valence-corrected chi connectivity index (χ3v) is 3.05. The molecule has 1 amide bonds. The van der Waals surface area contributed by atoms with Crippen LogP contribution in [0.2, 0.25) is 0 Å². The molecule has 0 aromatic heterocycles. The first-order valence-electron chi connectivity index (χ1n) is 6.85. The normalized spacial score (nSPS) is 32.6. The molecule has 1 saturated heterocycles. The number of amides is 1. The van der Waals surface area contributed by atoms with E-state index in [-0.39, 0.29) is 12.5 Å². The molecular formula is C13H24N2O6. The van der Waals surface area contributed by atoms with Gasteiger partial charge in [-0.2, -0.15) is 0 Å². The van der Waals surface area contributed by atoms with Gasteiger partial charge in [0.05, 0.1) is 19.8 Å². The lowest BCUT2D eigenvalue weighted by molar-refractivity contribution is -0.269. The Balaban J connectivity index is 2.69. The summed E-state index contributed by atoms with van der Waals surface area (Å²) in [6, 6.07) is -0.910. The number of carbonyl (C=O) groups is 1. The van der Waals surface area contributed by atoms with Crippen LogP contribution < -0.4 is 5.32 Å². The maximum absolute atomic E-state index is 11.2. The lowest BCUT2D eigenvalue weighted by Gasteiger charge is -2.42. The maximum atomic E-state index is 11.2. The van der Waals surface area contributed by atoms with Gasteiger partial charge in [-0.05, 0) is 13.8 Å². The molecule has 1 aliphatic heterocycles. The lowest BCUT2D eigenvalue weighted by Crippen LogP contribution is -2.64. The highest BCUT2D eigenvalue weighted by molar-refractivity contribution is 5.79. The van der Waals surface area contributed by atoms with E-state index in [1.165, 1.54) is 6.92 Å². The van der Waals surface area contributed by atoms with Crippen molar-refractivity contribution in [3.05, 3.63) is 0 Å². The number of hydrogen-bond acceptors (Lipinski definition) is 7. The molecule has 1 rings (SSSR count). The van der Waals surface area contributed by atoms with Crippen molar-refractivity contribution >= 4 is 11.6 Å². The first kappa shape index (κ1) is 18.0. The van der Waals surface area contributed by atoms with Gasteiger partial charge in [-0.25, -0.2) is 0 Å². The van der Waals surface area contributed by atoms with E-state index in [1.54, 1.807) is 0 Å². The Labute approximate surface area is 123 Å². The standard InChI is InChI=1S/C13H24N2O6/c1-7(2)14-4-5-20-13-10(15-8(3)17)12(19)11(18)9(6-16)21-13/h9-13,16,18-19H,4-6H2,1-3H3,(H,15,17). The molecule has 8 nitrogen and oxygen atoms in total. The first-order valence-corrected chi connectivity index (χ1v) is 6.85. The highest BCUT2D eigenvalue weighted by Crippen LogP contribution is 2.22. The summed E-state index contributed by atoms with van der Waals surface area (Å²) in [6.07, 6.45) is -4.52. The first-order chi connectivity index (χ1) is 9.86. The number of ether oxygens (including phenoxy) is 2. The molecule has 0 spiro atoms. The van der Waals surface area contributed by atoms with Gasteiger partial charge < -0.3 is 30.1 Å². The molecular weight excluding hydrogens is 280 g/mol. The van der Waals surface area contributed by atoms with Crippen molar-refractivity contribution in [1.82, 2.24) is 5.32 Å². The van der Waals surface area contributed by atoms with Crippen LogP contribution in [0.1, 0.15) is 20.8 Å². The van der Waals surface area contributed by atoms with E-state index in [0.717, 1.165) is 5.71 Å². The molecule has 1 fully saturated rings. The molecule has 5 unspecified atom stereocenters. The molecule has 122 valence electrons. The Morgan fingerprint density at radius 3 is 2.48 bits per heavy atom. The Bertz CT molecular complexity index is 372. The SMILES string of the molecule is CC(=O)NC1C(OCCN=C(C)C)OC(CO)C(O)C1O. The Kier molecular flexibility index (Phi) is 7.20. The van der Waals surface area contributed by atoms with Gasteiger partial charge in [-0.3, -0.25) is 9.79 Å². The zero-order chi connectivity index (χ0) is 16.0. The van der Waals surface area contributed by atoms with Crippen molar-refractivity contribution in [1.29, 1.82) is 0 Å². The predicted molar refractivity (Wildman–Crippen MR) is 75.0 cm³/mol. The van der Waals surface area contributed by atoms with Crippen LogP contribution in [0.3, 0.4) is 0 Å². The summed E-state index contributed by atoms with van der Waals surface area (Å²) in [6.45, 7) is 5.19. The molecule has 0 aliphatic carbocycles. The van der Waals surface area contributed by atoms with Crippen LogP contribution in [0.4, 0.5) is 0 Å². The van der Waals surface area contributed by atoms with Crippen LogP contribution in [0, 0.1) is 0 Å². The minimum atomic E-state index is -1.30. The van der Waals surface area contributed by atoms with Crippen molar-refractivity contribution in [2.24, 2.45) is 4.99 Å². The minimum Gasteiger partial charge on any atom is -0.394 e. The Morgan fingerprint density at radius 1 is 1.29 bits per heavy atom. The van der Waals surface area contributed by atoms with Crippen molar-refractivity contribution in [3.63, 3.8) is 0 Å². The van der Waals surface area contributed by atoms with Crippen molar-refractivity contribution < 1.29 is 29.6 Å². The van der Waals surface area contributed by atoms with Gasteiger partial charge in [0.1, 0.15) is 24.4 Å². The van der Waals surface area contributed by atoms with Gasteiger partial charge >= 0.3 is 0 Å². The summed E-state index contributed by atoms with van der Waals surface area (Å²) in [5, 5.41) is 31.5. The Hall–Kier alpha value is -1.06. The number of nitrogens with one attached hydrogen (secondary N) is 1. The fraction of sp³-hybridized carbons (Fsp3) is 0.846. The topological polar surface area (TPSA) is 121 Å². The van der Waals surface area contributed by atoms with Crippen LogP contribution >= 0.6 is 0 Å². The van der Waals surface area contributed by atoms with Crippen molar-refractivity contribution in [3.8, 4) is 0 Å². The number of hydrogen-bond donors (Lipinski definition) is 4. The second-order valence-corrected chi connectivity index (χ2v) is 5.13. The summed E-state index contributed by atoms with van der Waals surface area (Å²) >= 11 is 0. The predicted octanol–water partition coefficient (Wildman–Crippen LogP) is -1.57. The number of rotatable bonds is 6. The van der Waals surface area contributed by atoms with Gasteiger partial charge in [0.15, 0.2) is 6.29 Å². The summed E-state index contributed by atoms with van der Waals surface area (Å²) in [5.41, 5.74) is 0.908. The monoisotopic (exact) mass is 304 g/mol. The third-order valence-electron chi connectivity index (χ3n) is 3.05. The van der Waals surface area contributed by atoms with E-state index in [1.807, 2.05) is 13.8 Å². The number of aliphatic hydroxyl groups excluding tert-OH is 3. The minimum absolute atomic E-state index is 0.229. The zero-order valence-electron chi connectivity index (χ0n) is 12.5. The largest absolute Gasteiger partial charge is 0.394 e. The zero-order valence-corrected chi connectivity index (χ0v) is 12.5. The number of aliphatic imine (C=N–C) groups is 1. The highest BCUT2D eigenvalue weighted by Gasteiger charge is 2.45. The molecule has 0 aromatic rings. The lowest BCUT2D eigenvalue weighted by atomic mass is 9.97. The fourth-order valence-electron chi connectivity index (χ4n) is 2.05. The highest BCUT2D eigenvalue weighted by atomic mass is 16.7. The van der Waals surface area contributed by atoms with Gasteiger partial charge in [0.2, 0.25) is 5.91 Å². The molecule has 0 radical (unpaired) electrons. The quantitative estimate of drug-likeness (QED) is 0.347. The molecule has 8 heteroatoms. The summed E-state index contributed by atoms with van der Waals surface area (Å²) in [5.74, 6) is -0.381. The average Bonchev–Trinajstić information content (AvgIpc) is 2.41. The maximum Gasteiger partial charge on any atom is 0.217 e. The van der Waals surface area contributed by atoms with Gasteiger partial charge in [-0.1, -0.05) is 0 Å². The van der Waals surface area contributed by atoms with E-state index >= 15 is 0 Å². The second kappa shape index (κ2) is 8.40. The average molecular weight is 304 g/mol. The molecule has 1 heterocycles. The molecule has 0 saturated carbocycles. The molecule has 0 bridgehead atoms. The Morgan fingerprint density at radius 2 is 1.95 bits per heavy atom. The summed E-state index contributed by atoms with van der Waals surface area (Å²) < 4.78 is 10.9. The molecule has 0 aromatic carbocycles. The van der Waals surface area contributed by atoms with Crippen LogP contribution in [-0.4, -0.2) is 77.3 Å².